The van der Waals surface area contributed by atoms with Crippen molar-refractivity contribution in [2.75, 3.05) is 24.6 Å². The Labute approximate surface area is 119 Å². The third-order valence-electron chi connectivity index (χ3n) is 2.78. The van der Waals surface area contributed by atoms with Crippen LogP contribution in [-0.4, -0.2) is 29.6 Å². The van der Waals surface area contributed by atoms with E-state index in [-0.39, 0.29) is 5.91 Å². The van der Waals surface area contributed by atoms with Gasteiger partial charge in [0.25, 0.3) is 0 Å². The van der Waals surface area contributed by atoms with Crippen LogP contribution in [0.15, 0.2) is 23.1 Å². The highest BCUT2D eigenvalue weighted by Gasteiger charge is 2.17. The highest BCUT2D eigenvalue weighted by atomic mass is 127. The maximum atomic E-state index is 11.9. The summed E-state index contributed by atoms with van der Waals surface area (Å²) in [5, 5.41) is 0. The second kappa shape index (κ2) is 5.95. The second-order valence-electron chi connectivity index (χ2n) is 4.06. The summed E-state index contributed by atoms with van der Waals surface area (Å²) in [6.45, 7) is 1.84. The molecule has 3 nitrogen and oxygen atoms in total. The van der Waals surface area contributed by atoms with Crippen LogP contribution in [0.1, 0.15) is 12.8 Å². The van der Waals surface area contributed by atoms with E-state index in [1.807, 2.05) is 23.1 Å². The number of thioether (sulfide) groups is 1. The van der Waals surface area contributed by atoms with E-state index in [0.29, 0.717) is 5.75 Å². The number of nitrogen functional groups attached to an aromatic ring is 1. The van der Waals surface area contributed by atoms with E-state index in [0.717, 1.165) is 40.1 Å². The fourth-order valence-electron chi connectivity index (χ4n) is 1.85. The van der Waals surface area contributed by atoms with Crippen LogP contribution in [-0.2, 0) is 4.79 Å². The number of halogens is 1. The van der Waals surface area contributed by atoms with Crippen LogP contribution in [0, 0.1) is 3.57 Å². The summed E-state index contributed by atoms with van der Waals surface area (Å²) in [7, 11) is 0. The monoisotopic (exact) mass is 362 g/mol. The first-order chi connectivity index (χ1) is 8.16. The SMILES string of the molecule is Nc1cc(I)ccc1SCC(=O)N1CCCC1. The number of carbonyl (C=O) groups is 1. The molecule has 92 valence electrons. The quantitative estimate of drug-likeness (QED) is 0.511. The molecule has 1 fully saturated rings. The van der Waals surface area contributed by atoms with Crippen molar-refractivity contribution in [1.29, 1.82) is 0 Å². The molecule has 2 rings (SSSR count). The van der Waals surface area contributed by atoms with Crippen LogP contribution in [0.5, 0.6) is 0 Å². The molecule has 0 aromatic heterocycles. The Morgan fingerprint density at radius 1 is 1.41 bits per heavy atom. The average Bonchev–Trinajstić information content (AvgIpc) is 2.81. The molecule has 0 unspecified atom stereocenters. The molecule has 17 heavy (non-hydrogen) atoms. The molecule has 5 heteroatoms. The molecule has 1 aromatic rings. The van der Waals surface area contributed by atoms with Crippen LogP contribution >= 0.6 is 34.4 Å². The van der Waals surface area contributed by atoms with Gasteiger partial charge >= 0.3 is 0 Å². The Hall–Kier alpha value is -0.430. The molecule has 1 aliphatic heterocycles. The maximum Gasteiger partial charge on any atom is 0.232 e. The Morgan fingerprint density at radius 2 is 2.12 bits per heavy atom. The van der Waals surface area contributed by atoms with Gasteiger partial charge in [0.1, 0.15) is 0 Å². The van der Waals surface area contributed by atoms with Gasteiger partial charge in [0.05, 0.1) is 5.75 Å². The van der Waals surface area contributed by atoms with Crippen molar-refractivity contribution in [1.82, 2.24) is 4.90 Å². The third-order valence-corrected chi connectivity index (χ3v) is 4.53. The molecule has 0 aliphatic carbocycles. The minimum Gasteiger partial charge on any atom is -0.398 e. The molecule has 1 heterocycles. The largest absolute Gasteiger partial charge is 0.398 e. The van der Waals surface area contributed by atoms with Gasteiger partial charge in [0, 0.05) is 27.2 Å². The lowest BCUT2D eigenvalue weighted by Crippen LogP contribution is -2.29. The van der Waals surface area contributed by atoms with Crippen molar-refractivity contribution in [3.63, 3.8) is 0 Å². The first-order valence-electron chi connectivity index (χ1n) is 5.62. The highest BCUT2D eigenvalue weighted by Crippen LogP contribution is 2.27. The molecule has 2 N–H and O–H groups in total. The number of nitrogens with two attached hydrogens (primary N) is 1. The number of anilines is 1. The van der Waals surface area contributed by atoms with E-state index >= 15 is 0 Å². The van der Waals surface area contributed by atoms with Gasteiger partial charge in [-0.3, -0.25) is 4.79 Å². The first kappa shape index (κ1) is 13.0. The predicted molar refractivity (Wildman–Crippen MR) is 80.1 cm³/mol. The lowest BCUT2D eigenvalue weighted by atomic mass is 10.3. The molecule has 0 atom stereocenters. The van der Waals surface area contributed by atoms with E-state index in [1.54, 1.807) is 0 Å². The summed E-state index contributed by atoms with van der Waals surface area (Å²) in [6.07, 6.45) is 2.28. The minimum absolute atomic E-state index is 0.227. The van der Waals surface area contributed by atoms with Crippen LogP contribution in [0.2, 0.25) is 0 Å². The molecular formula is C12H15IN2OS. The molecule has 0 bridgehead atoms. The van der Waals surface area contributed by atoms with Crippen LogP contribution in [0.25, 0.3) is 0 Å². The molecule has 1 aromatic carbocycles. The normalized spacial score (nSPS) is 15.2. The van der Waals surface area contributed by atoms with Crippen LogP contribution in [0.3, 0.4) is 0 Å². The van der Waals surface area contributed by atoms with Crippen molar-refractivity contribution in [3.8, 4) is 0 Å². The second-order valence-corrected chi connectivity index (χ2v) is 6.32. The maximum absolute atomic E-state index is 11.9. The summed E-state index contributed by atoms with van der Waals surface area (Å²) in [5.41, 5.74) is 6.67. The summed E-state index contributed by atoms with van der Waals surface area (Å²) in [6, 6.07) is 5.93. The van der Waals surface area contributed by atoms with E-state index in [9.17, 15) is 4.79 Å². The van der Waals surface area contributed by atoms with Crippen LogP contribution < -0.4 is 5.73 Å². The number of rotatable bonds is 3. The molecule has 1 saturated heterocycles. The summed E-state index contributed by atoms with van der Waals surface area (Å²) in [4.78, 5) is 14.8. The molecular weight excluding hydrogens is 347 g/mol. The summed E-state index contributed by atoms with van der Waals surface area (Å²) >= 11 is 3.76. The molecule has 1 amide bonds. The van der Waals surface area contributed by atoms with Crippen LogP contribution in [0.4, 0.5) is 5.69 Å². The van der Waals surface area contributed by atoms with Crippen molar-refractivity contribution in [2.24, 2.45) is 0 Å². The van der Waals surface area contributed by atoms with Crippen molar-refractivity contribution in [3.05, 3.63) is 21.8 Å². The van der Waals surface area contributed by atoms with Crippen molar-refractivity contribution in [2.45, 2.75) is 17.7 Å². The lowest BCUT2D eigenvalue weighted by molar-refractivity contribution is -0.127. The van der Waals surface area contributed by atoms with Gasteiger partial charge in [-0.2, -0.15) is 0 Å². The Bertz CT molecular complexity index is 419. The van der Waals surface area contributed by atoms with Crippen molar-refractivity contribution < 1.29 is 4.79 Å². The first-order valence-corrected chi connectivity index (χ1v) is 7.69. The predicted octanol–water partition coefficient (Wildman–Crippen LogP) is 2.59. The standard InChI is InChI=1S/C12H15IN2OS/c13-9-3-4-11(10(14)7-9)17-8-12(16)15-5-1-2-6-15/h3-4,7H,1-2,5-6,8,14H2. The van der Waals surface area contributed by atoms with E-state index < -0.39 is 0 Å². The van der Waals surface area contributed by atoms with E-state index in [4.69, 9.17) is 5.73 Å². The number of hydrogen-bond donors (Lipinski definition) is 1. The number of benzene rings is 1. The summed E-state index contributed by atoms with van der Waals surface area (Å²) in [5.74, 6) is 0.718. The van der Waals surface area contributed by atoms with Gasteiger partial charge in [-0.25, -0.2) is 0 Å². The minimum atomic E-state index is 0.227. The zero-order chi connectivity index (χ0) is 12.3. The lowest BCUT2D eigenvalue weighted by Gasteiger charge is -2.15. The molecule has 0 radical (unpaired) electrons. The number of amides is 1. The van der Waals surface area contributed by atoms with Gasteiger partial charge < -0.3 is 10.6 Å². The fraction of sp³-hybridized carbons (Fsp3) is 0.417. The number of likely N-dealkylation sites (tertiary alicyclic amines) is 1. The zero-order valence-corrected chi connectivity index (χ0v) is 12.5. The van der Waals surface area contributed by atoms with Gasteiger partial charge in [-0.05, 0) is 53.6 Å². The van der Waals surface area contributed by atoms with Gasteiger partial charge in [0.15, 0.2) is 0 Å². The van der Waals surface area contributed by atoms with Gasteiger partial charge in [-0.1, -0.05) is 0 Å². The zero-order valence-electron chi connectivity index (χ0n) is 9.49. The summed E-state index contributed by atoms with van der Waals surface area (Å²) < 4.78 is 1.12. The molecule has 0 saturated carbocycles. The number of nitrogens with zero attached hydrogens (tertiary/aromatic N) is 1. The Balaban J connectivity index is 1.90. The number of hydrogen-bond acceptors (Lipinski definition) is 3. The highest BCUT2D eigenvalue weighted by molar-refractivity contribution is 14.1. The average molecular weight is 362 g/mol. The topological polar surface area (TPSA) is 46.3 Å². The van der Waals surface area contributed by atoms with E-state index in [2.05, 4.69) is 22.6 Å². The van der Waals surface area contributed by atoms with Gasteiger partial charge in [-0.15, -0.1) is 11.8 Å². The van der Waals surface area contributed by atoms with Crippen molar-refractivity contribution >= 4 is 45.9 Å². The Kier molecular flexibility index (Phi) is 4.55. The van der Waals surface area contributed by atoms with E-state index in [1.165, 1.54) is 11.8 Å². The third kappa shape index (κ3) is 3.51. The smallest absolute Gasteiger partial charge is 0.232 e. The Morgan fingerprint density at radius 3 is 2.76 bits per heavy atom. The number of carbonyl (C=O) groups excluding carboxylic acids is 1. The molecule has 1 aliphatic rings. The fourth-order valence-corrected chi connectivity index (χ4v) is 3.21. The van der Waals surface area contributed by atoms with Gasteiger partial charge in [0.2, 0.25) is 5.91 Å². The molecule has 0 spiro atoms.